The summed E-state index contributed by atoms with van der Waals surface area (Å²) in [5, 5.41) is 18.7. The van der Waals surface area contributed by atoms with Crippen molar-refractivity contribution in [3.05, 3.63) is 35.9 Å². The number of aliphatic carboxylic acids is 1. The molecule has 0 fully saturated rings. The first kappa shape index (κ1) is 17.6. The highest BCUT2D eigenvalue weighted by Gasteiger charge is 2.37. The van der Waals surface area contributed by atoms with Gasteiger partial charge in [0.1, 0.15) is 12.1 Å². The average Bonchev–Trinajstić information content (AvgIpc) is 2.45. The van der Waals surface area contributed by atoms with Gasteiger partial charge in [-0.2, -0.15) is 0 Å². The number of nitrogens with two attached hydrogens (primary N) is 2. The summed E-state index contributed by atoms with van der Waals surface area (Å²) in [6, 6.07) is 4.30. The number of carboxylic acid groups (broad SMARTS) is 1. The first-order valence-corrected chi connectivity index (χ1v) is 6.58. The van der Waals surface area contributed by atoms with Crippen LogP contribution in [0.3, 0.4) is 0 Å². The number of hydrogen-bond acceptors (Lipinski definition) is 5. The second-order valence-electron chi connectivity index (χ2n) is 4.86. The molecule has 6 N–H and O–H groups in total. The second-order valence-corrected chi connectivity index (χ2v) is 4.86. The summed E-state index contributed by atoms with van der Waals surface area (Å²) in [6.07, 6.45) is -1.36. The van der Waals surface area contributed by atoms with E-state index in [4.69, 9.17) is 11.5 Å². The van der Waals surface area contributed by atoms with Gasteiger partial charge in [-0.3, -0.25) is 4.79 Å². The molecule has 0 aliphatic carbocycles. The number of aliphatic hydroxyl groups is 1. The van der Waals surface area contributed by atoms with Gasteiger partial charge in [0.2, 0.25) is 0 Å². The fourth-order valence-corrected chi connectivity index (χ4v) is 1.91. The summed E-state index contributed by atoms with van der Waals surface area (Å²) < 4.78 is 0. The summed E-state index contributed by atoms with van der Waals surface area (Å²) in [4.78, 5) is 35.5. The van der Waals surface area contributed by atoms with Crippen LogP contribution >= 0.6 is 0 Å². The molecule has 22 heavy (non-hydrogen) atoms. The van der Waals surface area contributed by atoms with Gasteiger partial charge < -0.3 is 21.7 Å². The van der Waals surface area contributed by atoms with Crippen molar-refractivity contribution in [1.82, 2.24) is 4.90 Å². The van der Waals surface area contributed by atoms with Crippen LogP contribution < -0.4 is 11.5 Å². The molecule has 0 unspecified atom stereocenters. The number of carboxylic acids is 1. The molecule has 0 saturated heterocycles. The lowest BCUT2D eigenvalue weighted by atomic mass is 10.0. The minimum atomic E-state index is -1.50. The molecule has 1 aromatic carbocycles. The molecule has 0 saturated carbocycles. The van der Waals surface area contributed by atoms with Crippen LogP contribution in [0.25, 0.3) is 0 Å². The van der Waals surface area contributed by atoms with Gasteiger partial charge in [0.05, 0.1) is 6.10 Å². The molecule has 8 heteroatoms. The topological polar surface area (TPSA) is 147 Å². The lowest BCUT2D eigenvalue weighted by Gasteiger charge is -2.28. The summed E-state index contributed by atoms with van der Waals surface area (Å²) in [5.74, 6) is -2.43. The van der Waals surface area contributed by atoms with E-state index in [1.54, 1.807) is 30.3 Å². The molecule has 0 aromatic heterocycles. The number of imide groups is 1. The fraction of sp³-hybridized carbons (Fsp3) is 0.357. The Morgan fingerprint density at radius 1 is 1.23 bits per heavy atom. The van der Waals surface area contributed by atoms with Crippen LogP contribution in [0, 0.1) is 0 Å². The van der Waals surface area contributed by atoms with Crippen LogP contribution in [0.2, 0.25) is 0 Å². The smallest absolute Gasteiger partial charge is 0.327 e. The Morgan fingerprint density at radius 3 is 2.18 bits per heavy atom. The van der Waals surface area contributed by atoms with E-state index in [1.807, 2.05) is 0 Å². The Kier molecular flexibility index (Phi) is 6.02. The van der Waals surface area contributed by atoms with E-state index in [-0.39, 0.29) is 6.42 Å². The average molecular weight is 309 g/mol. The zero-order valence-electron chi connectivity index (χ0n) is 12.0. The Bertz CT molecular complexity index is 547. The van der Waals surface area contributed by atoms with Gasteiger partial charge in [0.15, 0.2) is 0 Å². The molecule has 8 nitrogen and oxygen atoms in total. The molecular formula is C14H19N3O5. The molecule has 1 rings (SSSR count). The predicted molar refractivity (Wildman–Crippen MR) is 77.7 cm³/mol. The van der Waals surface area contributed by atoms with Crippen molar-refractivity contribution in [2.75, 3.05) is 0 Å². The molecule has 0 aliphatic rings. The molecule has 0 bridgehead atoms. The maximum absolute atomic E-state index is 12.1. The third-order valence-electron chi connectivity index (χ3n) is 3.15. The lowest BCUT2D eigenvalue weighted by molar-refractivity contribution is -0.148. The third-order valence-corrected chi connectivity index (χ3v) is 3.15. The Hall–Kier alpha value is -2.45. The molecule has 3 atom stereocenters. The first-order chi connectivity index (χ1) is 10.3. The maximum atomic E-state index is 12.1. The Balaban J connectivity index is 3.10. The van der Waals surface area contributed by atoms with Crippen LogP contribution in [0.15, 0.2) is 30.3 Å². The van der Waals surface area contributed by atoms with Crippen LogP contribution in [0.4, 0.5) is 4.79 Å². The molecule has 3 amide bonds. The Morgan fingerprint density at radius 2 is 1.77 bits per heavy atom. The zero-order valence-corrected chi connectivity index (χ0v) is 12.0. The third kappa shape index (κ3) is 4.27. The van der Waals surface area contributed by atoms with Crippen molar-refractivity contribution in [3.8, 4) is 0 Å². The number of carbonyl (C=O) groups is 3. The van der Waals surface area contributed by atoms with E-state index in [1.165, 1.54) is 6.92 Å². The normalized spacial score (nSPS) is 14.7. The summed E-state index contributed by atoms with van der Waals surface area (Å²) >= 11 is 0. The Labute approximate surface area is 127 Å². The predicted octanol–water partition coefficient (Wildman–Crippen LogP) is -0.702. The van der Waals surface area contributed by atoms with Crippen molar-refractivity contribution in [3.63, 3.8) is 0 Å². The van der Waals surface area contributed by atoms with Gasteiger partial charge in [-0.15, -0.1) is 0 Å². The lowest BCUT2D eigenvalue weighted by Crippen LogP contribution is -2.58. The second kappa shape index (κ2) is 7.53. The van der Waals surface area contributed by atoms with Crippen LogP contribution in [-0.2, 0) is 16.0 Å². The molecule has 0 spiro atoms. The number of amides is 3. The standard InChI is InChI=1S/C14H19N3O5/c1-8(18)11(15)12(19)17(14(16)22)10(13(20)21)7-9-5-3-2-4-6-9/h2-6,8,10-11,18H,7,15H2,1H3,(H2,16,22)(H,20,21)/t8-,10+,11+/m1/s1. The first-order valence-electron chi connectivity index (χ1n) is 6.58. The number of nitrogens with zero attached hydrogens (tertiary/aromatic N) is 1. The van der Waals surface area contributed by atoms with E-state index < -0.39 is 36.1 Å². The molecule has 0 heterocycles. The quantitative estimate of drug-likeness (QED) is 0.546. The fourth-order valence-electron chi connectivity index (χ4n) is 1.91. The molecular weight excluding hydrogens is 290 g/mol. The molecule has 0 aliphatic heterocycles. The number of carbonyl (C=O) groups excluding carboxylic acids is 2. The summed E-state index contributed by atoms with van der Waals surface area (Å²) in [7, 11) is 0. The SMILES string of the molecule is C[C@@H](O)[C@H](N)C(=O)N(C(N)=O)[C@@H](Cc1ccccc1)C(=O)O. The van der Waals surface area contributed by atoms with Gasteiger partial charge in [0, 0.05) is 6.42 Å². The van der Waals surface area contributed by atoms with Crippen molar-refractivity contribution in [2.24, 2.45) is 11.5 Å². The number of aliphatic hydroxyl groups excluding tert-OH is 1. The number of benzene rings is 1. The highest BCUT2D eigenvalue weighted by molar-refractivity contribution is 6.00. The summed E-state index contributed by atoms with van der Waals surface area (Å²) in [6.45, 7) is 1.26. The van der Waals surface area contributed by atoms with E-state index in [0.29, 0.717) is 10.5 Å². The van der Waals surface area contributed by atoms with Gasteiger partial charge in [-0.05, 0) is 12.5 Å². The van der Waals surface area contributed by atoms with Crippen LogP contribution in [-0.4, -0.2) is 51.2 Å². The molecule has 120 valence electrons. The van der Waals surface area contributed by atoms with Crippen molar-refractivity contribution in [2.45, 2.75) is 31.5 Å². The highest BCUT2D eigenvalue weighted by Crippen LogP contribution is 2.12. The van der Waals surface area contributed by atoms with E-state index in [9.17, 15) is 24.6 Å². The number of primary amides is 1. The van der Waals surface area contributed by atoms with Gasteiger partial charge >= 0.3 is 12.0 Å². The minimum absolute atomic E-state index is 0.114. The number of hydrogen-bond donors (Lipinski definition) is 4. The van der Waals surface area contributed by atoms with Gasteiger partial charge in [0.25, 0.3) is 5.91 Å². The van der Waals surface area contributed by atoms with Crippen LogP contribution in [0.1, 0.15) is 12.5 Å². The van der Waals surface area contributed by atoms with Crippen LogP contribution in [0.5, 0.6) is 0 Å². The minimum Gasteiger partial charge on any atom is -0.480 e. The van der Waals surface area contributed by atoms with E-state index in [2.05, 4.69) is 0 Å². The molecule has 0 radical (unpaired) electrons. The van der Waals surface area contributed by atoms with Gasteiger partial charge in [-0.1, -0.05) is 30.3 Å². The number of urea groups is 1. The monoisotopic (exact) mass is 309 g/mol. The molecule has 1 aromatic rings. The highest BCUT2D eigenvalue weighted by atomic mass is 16.4. The maximum Gasteiger partial charge on any atom is 0.327 e. The largest absolute Gasteiger partial charge is 0.480 e. The van der Waals surface area contributed by atoms with Crippen molar-refractivity contribution >= 4 is 17.9 Å². The number of rotatable bonds is 6. The zero-order chi connectivity index (χ0) is 16.9. The van der Waals surface area contributed by atoms with Crippen molar-refractivity contribution < 1.29 is 24.6 Å². The summed E-state index contributed by atoms with van der Waals surface area (Å²) in [5.41, 5.74) is 11.2. The van der Waals surface area contributed by atoms with E-state index in [0.717, 1.165) is 0 Å². The van der Waals surface area contributed by atoms with Gasteiger partial charge in [-0.25, -0.2) is 14.5 Å². The van der Waals surface area contributed by atoms with E-state index >= 15 is 0 Å². The van der Waals surface area contributed by atoms with Crippen molar-refractivity contribution in [1.29, 1.82) is 0 Å².